The van der Waals surface area contributed by atoms with Crippen LogP contribution in [0.2, 0.25) is 0 Å². The van der Waals surface area contributed by atoms with E-state index in [9.17, 15) is 13.6 Å². The number of nitrogens with one attached hydrogen (secondary N) is 1. The normalized spacial score (nSPS) is 15.8. The molecule has 0 bridgehead atoms. The Kier molecular flexibility index (Phi) is 6.16. The van der Waals surface area contributed by atoms with Crippen LogP contribution in [0.4, 0.5) is 8.78 Å². The summed E-state index contributed by atoms with van der Waals surface area (Å²) in [5, 5.41) is 3.09. The summed E-state index contributed by atoms with van der Waals surface area (Å²) in [6, 6.07) is 3.58. The van der Waals surface area contributed by atoms with Gasteiger partial charge in [-0.1, -0.05) is 6.92 Å². The molecule has 0 saturated carbocycles. The van der Waals surface area contributed by atoms with Crippen LogP contribution in [0.25, 0.3) is 0 Å². The van der Waals surface area contributed by atoms with Gasteiger partial charge in [0.25, 0.3) is 0 Å². The highest BCUT2D eigenvalue weighted by atomic mass is 32.2. The molecule has 1 rings (SSSR count). The Morgan fingerprint density at radius 3 is 2.48 bits per heavy atom. The number of rotatable bonds is 7. The van der Waals surface area contributed by atoms with Gasteiger partial charge in [-0.3, -0.25) is 4.79 Å². The molecule has 0 aliphatic carbocycles. The number of carbonyl (C=O) groups is 1. The van der Waals surface area contributed by atoms with E-state index in [-0.39, 0.29) is 11.3 Å². The number of primary amides is 1. The Balaban J connectivity index is 2.78. The largest absolute Gasteiger partial charge is 0.368 e. The van der Waals surface area contributed by atoms with Crippen molar-refractivity contribution in [3.05, 3.63) is 29.8 Å². The molecule has 1 aromatic carbocycles. The summed E-state index contributed by atoms with van der Waals surface area (Å²) in [6.45, 7) is 7.49. The minimum absolute atomic E-state index is 0.0614. The Morgan fingerprint density at radius 2 is 2.00 bits per heavy atom. The van der Waals surface area contributed by atoms with Crippen molar-refractivity contribution in [1.82, 2.24) is 5.32 Å². The number of benzene rings is 1. The lowest BCUT2D eigenvalue weighted by molar-refractivity contribution is -0.124. The molecule has 118 valence electrons. The van der Waals surface area contributed by atoms with Gasteiger partial charge in [0.1, 0.15) is 11.6 Å². The number of thioether (sulfide) groups is 1. The molecule has 0 radical (unpaired) electrons. The Hall–Kier alpha value is -1.14. The van der Waals surface area contributed by atoms with Crippen LogP contribution in [0, 0.1) is 11.6 Å². The summed E-state index contributed by atoms with van der Waals surface area (Å²) in [5.74, 6) is -1.64. The summed E-state index contributed by atoms with van der Waals surface area (Å²) in [7, 11) is 0. The number of hydrogen-bond acceptors (Lipinski definition) is 3. The second-order valence-corrected chi connectivity index (χ2v) is 7.18. The predicted molar refractivity (Wildman–Crippen MR) is 82.2 cm³/mol. The summed E-state index contributed by atoms with van der Waals surface area (Å²) < 4.78 is 26.5. The zero-order valence-corrected chi connectivity index (χ0v) is 13.6. The van der Waals surface area contributed by atoms with Crippen LogP contribution in [-0.4, -0.2) is 22.7 Å². The zero-order chi connectivity index (χ0) is 16.2. The summed E-state index contributed by atoms with van der Waals surface area (Å²) >= 11 is 1.26. The molecule has 0 aromatic heterocycles. The first-order valence-corrected chi connectivity index (χ1v) is 7.71. The molecular formula is C15H22F2N2OS. The standard InChI is InChI=1S/C15H22F2N2OS/c1-9(2)19-15(4,14(18)20)8-10(3)21-13-6-5-11(16)7-12(13)17/h5-7,9-10,19H,8H2,1-4H3,(H2,18,20). The van der Waals surface area contributed by atoms with Gasteiger partial charge in [-0.15, -0.1) is 11.8 Å². The van der Waals surface area contributed by atoms with Crippen LogP contribution in [0.1, 0.15) is 34.1 Å². The first kappa shape index (κ1) is 17.9. The predicted octanol–water partition coefficient (Wildman–Crippen LogP) is 3.08. The fraction of sp³-hybridized carbons (Fsp3) is 0.533. The van der Waals surface area contributed by atoms with E-state index in [0.29, 0.717) is 11.3 Å². The van der Waals surface area contributed by atoms with Crippen molar-refractivity contribution in [2.24, 2.45) is 5.73 Å². The molecule has 1 amide bonds. The van der Waals surface area contributed by atoms with Crippen LogP contribution in [-0.2, 0) is 4.79 Å². The fourth-order valence-corrected chi connectivity index (χ4v) is 3.44. The maximum Gasteiger partial charge on any atom is 0.237 e. The number of amides is 1. The van der Waals surface area contributed by atoms with Gasteiger partial charge in [0, 0.05) is 22.3 Å². The number of hydrogen-bond donors (Lipinski definition) is 2. The van der Waals surface area contributed by atoms with Crippen LogP contribution < -0.4 is 11.1 Å². The topological polar surface area (TPSA) is 55.1 Å². The molecular weight excluding hydrogens is 294 g/mol. The minimum atomic E-state index is -0.864. The van der Waals surface area contributed by atoms with Gasteiger partial charge in [-0.05, 0) is 39.3 Å². The molecule has 2 atom stereocenters. The number of carbonyl (C=O) groups excluding carboxylic acids is 1. The molecule has 0 spiro atoms. The maximum absolute atomic E-state index is 13.6. The Bertz CT molecular complexity index is 510. The van der Waals surface area contributed by atoms with Crippen molar-refractivity contribution in [3.8, 4) is 0 Å². The third-order valence-electron chi connectivity index (χ3n) is 3.07. The van der Waals surface area contributed by atoms with E-state index in [1.165, 1.54) is 23.9 Å². The highest BCUT2D eigenvalue weighted by Crippen LogP contribution is 2.31. The maximum atomic E-state index is 13.6. The van der Waals surface area contributed by atoms with Crippen LogP contribution in [0.15, 0.2) is 23.1 Å². The van der Waals surface area contributed by atoms with Gasteiger partial charge >= 0.3 is 0 Å². The molecule has 21 heavy (non-hydrogen) atoms. The van der Waals surface area contributed by atoms with Crippen LogP contribution >= 0.6 is 11.8 Å². The molecule has 0 fully saturated rings. The van der Waals surface area contributed by atoms with E-state index in [1.54, 1.807) is 6.92 Å². The van der Waals surface area contributed by atoms with Gasteiger partial charge < -0.3 is 11.1 Å². The van der Waals surface area contributed by atoms with Crippen LogP contribution in [0.5, 0.6) is 0 Å². The van der Waals surface area contributed by atoms with E-state index in [4.69, 9.17) is 5.73 Å². The van der Waals surface area contributed by atoms with E-state index >= 15 is 0 Å². The van der Waals surface area contributed by atoms with Gasteiger partial charge in [0.2, 0.25) is 5.91 Å². The highest BCUT2D eigenvalue weighted by molar-refractivity contribution is 8.00. The third kappa shape index (κ3) is 5.28. The zero-order valence-electron chi connectivity index (χ0n) is 12.7. The van der Waals surface area contributed by atoms with Crippen molar-refractivity contribution >= 4 is 17.7 Å². The highest BCUT2D eigenvalue weighted by Gasteiger charge is 2.33. The van der Waals surface area contributed by atoms with Crippen molar-refractivity contribution in [1.29, 1.82) is 0 Å². The van der Waals surface area contributed by atoms with E-state index in [1.807, 2.05) is 20.8 Å². The molecule has 0 aliphatic heterocycles. The molecule has 0 heterocycles. The molecule has 1 aromatic rings. The van der Waals surface area contributed by atoms with E-state index < -0.39 is 23.1 Å². The average Bonchev–Trinajstić information content (AvgIpc) is 2.31. The molecule has 2 unspecified atom stereocenters. The molecule has 0 aliphatic rings. The average molecular weight is 316 g/mol. The SMILES string of the molecule is CC(C)NC(C)(CC(C)Sc1ccc(F)cc1F)C(N)=O. The van der Waals surface area contributed by atoms with Gasteiger partial charge in [-0.25, -0.2) is 8.78 Å². The second kappa shape index (κ2) is 7.22. The van der Waals surface area contributed by atoms with Crippen LogP contribution in [0.3, 0.4) is 0 Å². The van der Waals surface area contributed by atoms with Crippen molar-refractivity contribution < 1.29 is 13.6 Å². The molecule has 3 nitrogen and oxygen atoms in total. The van der Waals surface area contributed by atoms with Gasteiger partial charge in [0.15, 0.2) is 0 Å². The third-order valence-corrected chi connectivity index (χ3v) is 4.22. The Labute approximate surface area is 128 Å². The minimum Gasteiger partial charge on any atom is -0.368 e. The van der Waals surface area contributed by atoms with Crippen molar-refractivity contribution in [3.63, 3.8) is 0 Å². The van der Waals surface area contributed by atoms with Crippen molar-refractivity contribution in [2.45, 2.75) is 55.8 Å². The second-order valence-electron chi connectivity index (χ2n) is 5.70. The smallest absolute Gasteiger partial charge is 0.237 e. The van der Waals surface area contributed by atoms with Gasteiger partial charge in [-0.2, -0.15) is 0 Å². The lowest BCUT2D eigenvalue weighted by Gasteiger charge is -2.32. The monoisotopic (exact) mass is 316 g/mol. The van der Waals surface area contributed by atoms with Crippen molar-refractivity contribution in [2.75, 3.05) is 0 Å². The van der Waals surface area contributed by atoms with E-state index in [0.717, 1.165) is 6.07 Å². The van der Waals surface area contributed by atoms with Gasteiger partial charge in [0.05, 0.1) is 5.54 Å². The summed E-state index contributed by atoms with van der Waals surface area (Å²) in [6.07, 6.45) is 0.446. The number of nitrogens with two attached hydrogens (primary N) is 1. The molecule has 0 saturated heterocycles. The quantitative estimate of drug-likeness (QED) is 0.760. The first-order chi connectivity index (χ1) is 9.64. The summed E-state index contributed by atoms with van der Waals surface area (Å²) in [4.78, 5) is 12.0. The molecule has 6 heteroatoms. The number of halogens is 2. The summed E-state index contributed by atoms with van der Waals surface area (Å²) in [5.41, 5.74) is 4.61. The Morgan fingerprint density at radius 1 is 1.38 bits per heavy atom. The molecule has 3 N–H and O–H groups in total. The lowest BCUT2D eigenvalue weighted by Crippen LogP contribution is -2.56. The lowest BCUT2D eigenvalue weighted by atomic mass is 9.94. The fourth-order valence-electron chi connectivity index (χ4n) is 2.27. The van der Waals surface area contributed by atoms with E-state index in [2.05, 4.69) is 5.32 Å². The first-order valence-electron chi connectivity index (χ1n) is 6.83.